The van der Waals surface area contributed by atoms with Gasteiger partial charge >= 0.3 is 0 Å². The Kier molecular flexibility index (Phi) is 3.11. The SMILES string of the molecule is Cc1nc(-c2ccccc2)nn1C1CCNCC1. The summed E-state index contributed by atoms with van der Waals surface area (Å²) < 4.78 is 2.10. The fourth-order valence-corrected chi connectivity index (χ4v) is 2.51. The number of aromatic nitrogens is 3. The third-order valence-corrected chi connectivity index (χ3v) is 3.49. The summed E-state index contributed by atoms with van der Waals surface area (Å²) in [4.78, 5) is 4.59. The summed E-state index contributed by atoms with van der Waals surface area (Å²) in [5.41, 5.74) is 1.09. The van der Waals surface area contributed by atoms with Crippen LogP contribution in [-0.2, 0) is 0 Å². The van der Waals surface area contributed by atoms with Crippen LogP contribution in [0.1, 0.15) is 24.7 Å². The van der Waals surface area contributed by atoms with E-state index in [0.29, 0.717) is 6.04 Å². The van der Waals surface area contributed by atoms with Gasteiger partial charge < -0.3 is 5.32 Å². The molecule has 0 atom stereocenters. The number of hydrogen-bond donors (Lipinski definition) is 1. The first-order chi connectivity index (χ1) is 8.84. The third-order valence-electron chi connectivity index (χ3n) is 3.49. The molecule has 1 saturated heterocycles. The molecule has 0 radical (unpaired) electrons. The molecular weight excluding hydrogens is 224 g/mol. The lowest BCUT2D eigenvalue weighted by molar-refractivity contribution is 0.337. The van der Waals surface area contributed by atoms with E-state index >= 15 is 0 Å². The number of benzene rings is 1. The van der Waals surface area contributed by atoms with Crippen molar-refractivity contribution < 1.29 is 0 Å². The molecule has 1 N–H and O–H groups in total. The largest absolute Gasteiger partial charge is 0.317 e. The average Bonchev–Trinajstić information content (AvgIpc) is 2.83. The molecule has 1 aromatic carbocycles. The predicted molar refractivity (Wildman–Crippen MR) is 71.3 cm³/mol. The van der Waals surface area contributed by atoms with E-state index < -0.39 is 0 Å². The molecule has 3 rings (SSSR count). The lowest BCUT2D eigenvalue weighted by Gasteiger charge is -2.23. The summed E-state index contributed by atoms with van der Waals surface area (Å²) in [5, 5.41) is 8.06. The molecule has 4 heteroatoms. The minimum absolute atomic E-state index is 0.496. The minimum Gasteiger partial charge on any atom is -0.317 e. The van der Waals surface area contributed by atoms with Gasteiger partial charge in [0.05, 0.1) is 6.04 Å². The average molecular weight is 242 g/mol. The summed E-state index contributed by atoms with van der Waals surface area (Å²) in [6, 6.07) is 10.7. The molecule has 0 aliphatic carbocycles. The summed E-state index contributed by atoms with van der Waals surface area (Å²) >= 11 is 0. The molecule has 0 saturated carbocycles. The van der Waals surface area contributed by atoms with Gasteiger partial charge in [-0.05, 0) is 32.9 Å². The number of piperidine rings is 1. The van der Waals surface area contributed by atoms with Crippen LogP contribution >= 0.6 is 0 Å². The normalized spacial score (nSPS) is 16.9. The number of rotatable bonds is 2. The zero-order valence-corrected chi connectivity index (χ0v) is 10.6. The van der Waals surface area contributed by atoms with Gasteiger partial charge in [-0.2, -0.15) is 5.10 Å². The summed E-state index contributed by atoms with van der Waals surface area (Å²) in [6.07, 6.45) is 2.27. The Hall–Kier alpha value is -1.68. The fraction of sp³-hybridized carbons (Fsp3) is 0.429. The zero-order valence-electron chi connectivity index (χ0n) is 10.6. The van der Waals surface area contributed by atoms with E-state index in [1.807, 2.05) is 25.1 Å². The van der Waals surface area contributed by atoms with Gasteiger partial charge in [0.1, 0.15) is 5.82 Å². The number of hydrogen-bond acceptors (Lipinski definition) is 3. The first-order valence-corrected chi connectivity index (χ1v) is 6.54. The highest BCUT2D eigenvalue weighted by atomic mass is 15.4. The maximum Gasteiger partial charge on any atom is 0.181 e. The number of nitrogens with zero attached hydrogens (tertiary/aromatic N) is 3. The maximum atomic E-state index is 4.68. The quantitative estimate of drug-likeness (QED) is 0.877. The van der Waals surface area contributed by atoms with Crippen molar-refractivity contribution >= 4 is 0 Å². The van der Waals surface area contributed by atoms with E-state index in [1.165, 1.54) is 0 Å². The lowest BCUT2D eigenvalue weighted by atomic mass is 10.1. The summed E-state index contributed by atoms with van der Waals surface area (Å²) in [7, 11) is 0. The van der Waals surface area contributed by atoms with Gasteiger partial charge in [0.25, 0.3) is 0 Å². The summed E-state index contributed by atoms with van der Waals surface area (Å²) in [5.74, 6) is 1.85. The van der Waals surface area contributed by atoms with Crippen molar-refractivity contribution in [1.29, 1.82) is 0 Å². The van der Waals surface area contributed by atoms with Crippen LogP contribution < -0.4 is 5.32 Å². The first-order valence-electron chi connectivity index (χ1n) is 6.54. The Bertz CT molecular complexity index is 512. The van der Waals surface area contributed by atoms with Crippen molar-refractivity contribution in [2.24, 2.45) is 0 Å². The Morgan fingerprint density at radius 1 is 1.17 bits per heavy atom. The molecule has 2 aromatic rings. The van der Waals surface area contributed by atoms with E-state index in [2.05, 4.69) is 32.2 Å². The van der Waals surface area contributed by atoms with Crippen molar-refractivity contribution in [2.45, 2.75) is 25.8 Å². The van der Waals surface area contributed by atoms with Gasteiger partial charge in [0.15, 0.2) is 5.82 Å². The molecule has 0 amide bonds. The molecule has 18 heavy (non-hydrogen) atoms. The molecule has 0 bridgehead atoms. The first kappa shape index (κ1) is 11.4. The van der Waals surface area contributed by atoms with Crippen LogP contribution in [0.15, 0.2) is 30.3 Å². The zero-order chi connectivity index (χ0) is 12.4. The van der Waals surface area contributed by atoms with Crippen LogP contribution in [0.5, 0.6) is 0 Å². The minimum atomic E-state index is 0.496. The van der Waals surface area contributed by atoms with E-state index in [1.54, 1.807) is 0 Å². The molecule has 1 aliphatic heterocycles. The van der Waals surface area contributed by atoms with E-state index in [9.17, 15) is 0 Å². The Balaban J connectivity index is 1.91. The number of aryl methyl sites for hydroxylation is 1. The molecule has 0 spiro atoms. The van der Waals surface area contributed by atoms with Gasteiger partial charge in [-0.3, -0.25) is 0 Å². The van der Waals surface area contributed by atoms with Gasteiger partial charge in [-0.25, -0.2) is 9.67 Å². The van der Waals surface area contributed by atoms with Crippen molar-refractivity contribution in [3.63, 3.8) is 0 Å². The van der Waals surface area contributed by atoms with Crippen molar-refractivity contribution in [2.75, 3.05) is 13.1 Å². The second kappa shape index (κ2) is 4.90. The standard InChI is InChI=1S/C14H18N4/c1-11-16-14(12-5-3-2-4-6-12)17-18(11)13-7-9-15-10-8-13/h2-6,13,15H,7-10H2,1H3. The van der Waals surface area contributed by atoms with Crippen LogP contribution in [0.3, 0.4) is 0 Å². The summed E-state index contributed by atoms with van der Waals surface area (Å²) in [6.45, 7) is 4.19. The molecule has 1 fully saturated rings. The molecule has 1 aliphatic rings. The predicted octanol–water partition coefficient (Wildman–Crippen LogP) is 2.18. The molecule has 94 valence electrons. The van der Waals surface area contributed by atoms with Crippen molar-refractivity contribution in [3.8, 4) is 11.4 Å². The van der Waals surface area contributed by atoms with Crippen LogP contribution in [0, 0.1) is 6.92 Å². The van der Waals surface area contributed by atoms with E-state index in [-0.39, 0.29) is 0 Å². The molecule has 0 unspecified atom stereocenters. The number of nitrogens with one attached hydrogen (secondary N) is 1. The monoisotopic (exact) mass is 242 g/mol. The van der Waals surface area contributed by atoms with Gasteiger partial charge in [-0.15, -0.1) is 0 Å². The van der Waals surface area contributed by atoms with Gasteiger partial charge in [-0.1, -0.05) is 30.3 Å². The Morgan fingerprint density at radius 2 is 1.89 bits per heavy atom. The highest BCUT2D eigenvalue weighted by molar-refractivity contribution is 5.53. The van der Waals surface area contributed by atoms with E-state index in [0.717, 1.165) is 43.1 Å². The van der Waals surface area contributed by atoms with Crippen molar-refractivity contribution in [1.82, 2.24) is 20.1 Å². The van der Waals surface area contributed by atoms with Crippen LogP contribution in [0.2, 0.25) is 0 Å². The molecule has 4 nitrogen and oxygen atoms in total. The van der Waals surface area contributed by atoms with Crippen LogP contribution in [-0.4, -0.2) is 27.9 Å². The smallest absolute Gasteiger partial charge is 0.181 e. The van der Waals surface area contributed by atoms with Gasteiger partial charge in [0.2, 0.25) is 0 Å². The molecular formula is C14H18N4. The van der Waals surface area contributed by atoms with E-state index in [4.69, 9.17) is 0 Å². The Morgan fingerprint density at radius 3 is 2.61 bits per heavy atom. The Labute approximate surface area is 107 Å². The van der Waals surface area contributed by atoms with Gasteiger partial charge in [0, 0.05) is 5.56 Å². The van der Waals surface area contributed by atoms with Crippen molar-refractivity contribution in [3.05, 3.63) is 36.2 Å². The second-order valence-electron chi connectivity index (χ2n) is 4.77. The van der Waals surface area contributed by atoms with Crippen LogP contribution in [0.4, 0.5) is 0 Å². The second-order valence-corrected chi connectivity index (χ2v) is 4.77. The van der Waals surface area contributed by atoms with Crippen LogP contribution in [0.25, 0.3) is 11.4 Å². The third kappa shape index (κ3) is 2.16. The maximum absolute atomic E-state index is 4.68. The fourth-order valence-electron chi connectivity index (χ4n) is 2.51. The lowest BCUT2D eigenvalue weighted by Crippen LogP contribution is -2.30. The highest BCUT2D eigenvalue weighted by Gasteiger charge is 2.19. The topological polar surface area (TPSA) is 42.7 Å². The molecule has 1 aromatic heterocycles. The molecule has 2 heterocycles. The highest BCUT2D eigenvalue weighted by Crippen LogP contribution is 2.22.